The first-order valence-corrected chi connectivity index (χ1v) is 6.18. The average Bonchev–Trinajstić information content (AvgIpc) is 2.40. The van der Waals surface area contributed by atoms with E-state index >= 15 is 0 Å². The number of hydrogen-bond donors (Lipinski definition) is 0. The van der Waals surface area contributed by atoms with Crippen LogP contribution in [0.4, 0.5) is 13.2 Å². The molecule has 0 fully saturated rings. The van der Waals surface area contributed by atoms with Gasteiger partial charge in [0.25, 0.3) is 0 Å². The number of benzene rings is 1. The van der Waals surface area contributed by atoms with E-state index in [1.807, 2.05) is 0 Å². The SMILES string of the molecule is C#Cc1ccc(C)nc1Oc1ccc(Cl)c(C(F)(F)F)c1. The maximum atomic E-state index is 12.8. The van der Waals surface area contributed by atoms with Crippen molar-refractivity contribution in [1.82, 2.24) is 4.98 Å². The molecule has 0 saturated heterocycles. The number of terminal acetylenes is 1. The Morgan fingerprint density at radius 1 is 1.24 bits per heavy atom. The number of pyridine rings is 1. The summed E-state index contributed by atoms with van der Waals surface area (Å²) in [6.07, 6.45) is 0.742. The monoisotopic (exact) mass is 311 g/mol. The van der Waals surface area contributed by atoms with E-state index in [9.17, 15) is 13.2 Å². The van der Waals surface area contributed by atoms with Crippen molar-refractivity contribution in [3.63, 3.8) is 0 Å². The largest absolute Gasteiger partial charge is 0.438 e. The van der Waals surface area contributed by atoms with Gasteiger partial charge in [0, 0.05) is 5.69 Å². The lowest BCUT2D eigenvalue weighted by Crippen LogP contribution is -2.06. The minimum absolute atomic E-state index is 0.0404. The van der Waals surface area contributed by atoms with Crippen molar-refractivity contribution >= 4 is 11.6 Å². The Morgan fingerprint density at radius 2 is 1.95 bits per heavy atom. The van der Waals surface area contributed by atoms with E-state index in [2.05, 4.69) is 10.9 Å². The first-order valence-electron chi connectivity index (χ1n) is 5.80. The van der Waals surface area contributed by atoms with Crippen molar-refractivity contribution < 1.29 is 17.9 Å². The molecular weight excluding hydrogens is 303 g/mol. The van der Waals surface area contributed by atoms with Crippen LogP contribution in [-0.4, -0.2) is 4.98 Å². The van der Waals surface area contributed by atoms with Crippen molar-refractivity contribution in [2.75, 3.05) is 0 Å². The number of ether oxygens (including phenoxy) is 1. The second kappa shape index (κ2) is 5.66. The molecule has 21 heavy (non-hydrogen) atoms. The highest BCUT2D eigenvalue weighted by Crippen LogP contribution is 2.37. The molecule has 0 atom stereocenters. The molecule has 0 saturated carbocycles. The molecule has 0 radical (unpaired) electrons. The number of halogens is 4. The van der Waals surface area contributed by atoms with Crippen LogP contribution >= 0.6 is 11.6 Å². The summed E-state index contributed by atoms with van der Waals surface area (Å²) in [5.41, 5.74) is 0.00898. The Balaban J connectivity index is 2.42. The molecule has 0 aliphatic carbocycles. The first kappa shape index (κ1) is 15.2. The fourth-order valence-electron chi connectivity index (χ4n) is 1.62. The van der Waals surface area contributed by atoms with Crippen LogP contribution in [0.2, 0.25) is 5.02 Å². The molecule has 6 heteroatoms. The lowest BCUT2D eigenvalue weighted by molar-refractivity contribution is -0.137. The Kier molecular flexibility index (Phi) is 4.10. The number of aryl methyl sites for hydroxylation is 1. The Morgan fingerprint density at radius 3 is 2.57 bits per heavy atom. The molecule has 0 N–H and O–H groups in total. The summed E-state index contributed by atoms with van der Waals surface area (Å²) in [6.45, 7) is 1.72. The van der Waals surface area contributed by atoms with Crippen molar-refractivity contribution in [1.29, 1.82) is 0 Å². The molecule has 2 aromatic rings. The number of alkyl halides is 3. The van der Waals surface area contributed by atoms with Crippen LogP contribution in [0.25, 0.3) is 0 Å². The van der Waals surface area contributed by atoms with Crippen molar-refractivity contribution in [3.05, 3.63) is 52.2 Å². The van der Waals surface area contributed by atoms with Gasteiger partial charge in [0.15, 0.2) is 0 Å². The van der Waals surface area contributed by atoms with Gasteiger partial charge in [-0.05, 0) is 37.3 Å². The summed E-state index contributed by atoms with van der Waals surface area (Å²) in [6, 6.07) is 6.54. The van der Waals surface area contributed by atoms with Gasteiger partial charge >= 0.3 is 6.18 Å². The number of nitrogens with zero attached hydrogens (tertiary/aromatic N) is 1. The predicted molar refractivity (Wildman–Crippen MR) is 73.4 cm³/mol. The van der Waals surface area contributed by atoms with Crippen LogP contribution in [-0.2, 0) is 6.18 Å². The summed E-state index contributed by atoms with van der Waals surface area (Å²) < 4.78 is 43.7. The summed E-state index contributed by atoms with van der Waals surface area (Å²) in [4.78, 5) is 4.07. The van der Waals surface area contributed by atoms with Crippen molar-refractivity contribution in [3.8, 4) is 24.0 Å². The first-order chi connectivity index (χ1) is 9.81. The maximum absolute atomic E-state index is 12.8. The Labute approximate surface area is 124 Å². The molecule has 2 nitrogen and oxygen atoms in total. The van der Waals surface area contributed by atoms with E-state index in [0.29, 0.717) is 11.3 Å². The van der Waals surface area contributed by atoms with Gasteiger partial charge in [0.1, 0.15) is 5.75 Å². The zero-order chi connectivity index (χ0) is 15.6. The third kappa shape index (κ3) is 3.47. The fourth-order valence-corrected chi connectivity index (χ4v) is 1.84. The highest BCUT2D eigenvalue weighted by atomic mass is 35.5. The number of hydrogen-bond acceptors (Lipinski definition) is 2. The molecule has 0 aliphatic rings. The zero-order valence-corrected chi connectivity index (χ0v) is 11.6. The van der Waals surface area contributed by atoms with E-state index in [1.165, 1.54) is 6.07 Å². The molecular formula is C15H9ClF3NO. The van der Waals surface area contributed by atoms with E-state index in [-0.39, 0.29) is 11.6 Å². The minimum Gasteiger partial charge on any atom is -0.438 e. The predicted octanol–water partition coefficient (Wildman–Crippen LogP) is 4.84. The second-order valence-corrected chi connectivity index (χ2v) is 4.60. The standard InChI is InChI=1S/C15H9ClF3NO/c1-3-10-5-4-9(2)20-14(10)21-11-6-7-13(16)12(8-11)15(17,18)19/h1,4-8H,2H3. The lowest BCUT2D eigenvalue weighted by atomic mass is 10.2. The Hall–Kier alpha value is -2.19. The van der Waals surface area contributed by atoms with E-state index in [0.717, 1.165) is 12.1 Å². The molecule has 0 aliphatic heterocycles. The van der Waals surface area contributed by atoms with Gasteiger partial charge in [-0.3, -0.25) is 0 Å². The molecule has 0 amide bonds. The molecule has 1 aromatic carbocycles. The van der Waals surface area contributed by atoms with Crippen LogP contribution in [0, 0.1) is 19.3 Å². The van der Waals surface area contributed by atoms with Crippen LogP contribution < -0.4 is 4.74 Å². The summed E-state index contributed by atoms with van der Waals surface area (Å²) in [5, 5.41) is -0.399. The van der Waals surface area contributed by atoms with Gasteiger partial charge in [-0.25, -0.2) is 4.98 Å². The molecule has 1 aromatic heterocycles. The topological polar surface area (TPSA) is 22.1 Å². The van der Waals surface area contributed by atoms with E-state index in [1.54, 1.807) is 19.1 Å². The second-order valence-electron chi connectivity index (χ2n) is 4.19. The minimum atomic E-state index is -4.56. The molecule has 0 unspecified atom stereocenters. The summed E-state index contributed by atoms with van der Waals surface area (Å²) >= 11 is 5.54. The smallest absolute Gasteiger partial charge is 0.417 e. The van der Waals surface area contributed by atoms with Crippen LogP contribution in [0.1, 0.15) is 16.8 Å². The average molecular weight is 312 g/mol. The van der Waals surface area contributed by atoms with E-state index in [4.69, 9.17) is 22.8 Å². The zero-order valence-electron chi connectivity index (χ0n) is 10.8. The number of rotatable bonds is 2. The highest BCUT2D eigenvalue weighted by Gasteiger charge is 2.33. The maximum Gasteiger partial charge on any atom is 0.417 e. The summed E-state index contributed by atoms with van der Waals surface area (Å²) in [7, 11) is 0. The third-order valence-corrected chi connectivity index (χ3v) is 2.94. The fraction of sp³-hybridized carbons (Fsp3) is 0.133. The lowest BCUT2D eigenvalue weighted by Gasteiger charge is -2.12. The van der Waals surface area contributed by atoms with Gasteiger partial charge in [-0.15, -0.1) is 6.42 Å². The Bertz CT molecular complexity index is 720. The van der Waals surface area contributed by atoms with Crippen molar-refractivity contribution in [2.45, 2.75) is 13.1 Å². The molecule has 0 bridgehead atoms. The summed E-state index contributed by atoms with van der Waals surface area (Å²) in [5.74, 6) is 2.40. The van der Waals surface area contributed by atoms with E-state index < -0.39 is 16.8 Å². The molecule has 2 rings (SSSR count). The van der Waals surface area contributed by atoms with Crippen LogP contribution in [0.15, 0.2) is 30.3 Å². The van der Waals surface area contributed by atoms with Crippen molar-refractivity contribution in [2.24, 2.45) is 0 Å². The molecule has 0 spiro atoms. The number of aromatic nitrogens is 1. The quantitative estimate of drug-likeness (QED) is 0.741. The van der Waals surface area contributed by atoms with Gasteiger partial charge in [-0.1, -0.05) is 17.5 Å². The molecule has 108 valence electrons. The third-order valence-electron chi connectivity index (χ3n) is 2.61. The highest BCUT2D eigenvalue weighted by molar-refractivity contribution is 6.31. The van der Waals surface area contributed by atoms with Crippen LogP contribution in [0.3, 0.4) is 0 Å². The van der Waals surface area contributed by atoms with Gasteiger partial charge in [-0.2, -0.15) is 13.2 Å². The van der Waals surface area contributed by atoms with Gasteiger partial charge in [0.05, 0.1) is 16.1 Å². The van der Waals surface area contributed by atoms with Gasteiger partial charge < -0.3 is 4.74 Å². The molecule has 1 heterocycles. The van der Waals surface area contributed by atoms with Gasteiger partial charge in [0.2, 0.25) is 5.88 Å². The van der Waals surface area contributed by atoms with Crippen LogP contribution in [0.5, 0.6) is 11.6 Å². The normalized spacial score (nSPS) is 11.0.